The van der Waals surface area contributed by atoms with Crippen molar-refractivity contribution in [1.82, 2.24) is 47.9 Å². The van der Waals surface area contributed by atoms with Crippen molar-refractivity contribution in [2.75, 3.05) is 32.8 Å². The monoisotopic (exact) mass is 1060 g/mol. The summed E-state index contributed by atoms with van der Waals surface area (Å²) in [5, 5.41) is 62.3. The summed E-state index contributed by atoms with van der Waals surface area (Å²) in [6.07, 6.45) is -12.7. The molecule has 0 saturated carbocycles. The zero-order valence-electron chi connectivity index (χ0n) is 41.8. The first-order valence-corrected chi connectivity index (χ1v) is 23.8. The number of aliphatic hydroxyl groups is 3. The molecule has 3 aliphatic heterocycles. The number of hydrogen-bond acceptors (Lipinski definition) is 20. The molecule has 10 amide bonds. The molecule has 74 heavy (non-hydrogen) atoms. The molecule has 31 nitrogen and oxygen atoms in total. The van der Waals surface area contributed by atoms with Gasteiger partial charge in [0.1, 0.15) is 85.0 Å². The van der Waals surface area contributed by atoms with E-state index in [4.69, 9.17) is 40.3 Å². The minimum absolute atomic E-state index is 0.0359. The molecule has 3 saturated heterocycles. The van der Waals surface area contributed by atoms with Gasteiger partial charge in [-0.25, -0.2) is 0 Å². The molecule has 3 aliphatic rings. The Labute approximate surface area is 424 Å². The lowest BCUT2D eigenvalue weighted by molar-refractivity contribution is -0.313. The Morgan fingerprint density at radius 3 is 1.88 bits per heavy atom. The van der Waals surface area contributed by atoms with Crippen LogP contribution in [0.1, 0.15) is 73.6 Å². The number of ether oxygens (including phenoxy) is 5. The molecule has 0 spiro atoms. The topological polar surface area (TPSA) is 475 Å². The first-order valence-electron chi connectivity index (χ1n) is 23.8. The van der Waals surface area contributed by atoms with Gasteiger partial charge >= 0.3 is 5.97 Å². The normalized spacial score (nSPS) is 26.5. The SMILES string of the molecule is CC(=O)NC1C(OC2C3COC(O3)C(NC(C)=O)C2OC(C)C(=O)NC(C)C(=O)NC(CCC(=O)NC(CCCCNC(=O)CNC(=O)CN)C(=O)NC(C)C(=O)NC(C)C(=O)O)C(N)=O)OC(CO)C(O)C1O. The number of rotatable bonds is 29. The zero-order valence-corrected chi connectivity index (χ0v) is 41.8. The Kier molecular flexibility index (Phi) is 24.9. The molecule has 418 valence electrons. The summed E-state index contributed by atoms with van der Waals surface area (Å²) in [5.74, 6) is -8.95. The molecule has 3 heterocycles. The van der Waals surface area contributed by atoms with Crippen molar-refractivity contribution < 1.29 is 96.9 Å². The third kappa shape index (κ3) is 18.9. The first kappa shape index (κ1) is 62.1. The molecular formula is C43H71N11O20. The zero-order chi connectivity index (χ0) is 55.6. The third-order valence-electron chi connectivity index (χ3n) is 11.8. The Morgan fingerprint density at radius 1 is 0.676 bits per heavy atom. The smallest absolute Gasteiger partial charge is 0.325 e. The average molecular weight is 1060 g/mol. The summed E-state index contributed by atoms with van der Waals surface area (Å²) in [5.41, 5.74) is 10.8. The largest absolute Gasteiger partial charge is 0.480 e. The van der Waals surface area contributed by atoms with Gasteiger partial charge in [0.05, 0.1) is 26.3 Å². The summed E-state index contributed by atoms with van der Waals surface area (Å²) < 4.78 is 29.8. The minimum atomic E-state index is -1.69. The van der Waals surface area contributed by atoms with E-state index in [-0.39, 0.29) is 45.5 Å². The van der Waals surface area contributed by atoms with Crippen LogP contribution in [0.25, 0.3) is 0 Å². The van der Waals surface area contributed by atoms with Gasteiger partial charge in [-0.15, -0.1) is 0 Å². The average Bonchev–Trinajstić information content (AvgIpc) is 3.78. The highest BCUT2D eigenvalue weighted by molar-refractivity contribution is 5.94. The summed E-state index contributed by atoms with van der Waals surface area (Å²) in [4.78, 5) is 138. The number of fused-ring (bicyclic) bond motifs is 2. The fourth-order valence-electron chi connectivity index (χ4n) is 7.71. The maximum atomic E-state index is 13.6. The van der Waals surface area contributed by atoms with Crippen molar-refractivity contribution in [1.29, 1.82) is 0 Å². The summed E-state index contributed by atoms with van der Waals surface area (Å²) in [7, 11) is 0. The fourth-order valence-corrected chi connectivity index (χ4v) is 7.71. The number of nitrogens with two attached hydrogens (primary N) is 2. The Morgan fingerprint density at radius 2 is 1.28 bits per heavy atom. The van der Waals surface area contributed by atoms with Crippen LogP contribution in [0.2, 0.25) is 0 Å². The van der Waals surface area contributed by atoms with E-state index < -0.39 is 182 Å². The number of hydrogen-bond donors (Lipinski definition) is 15. The molecule has 16 unspecified atom stereocenters. The van der Waals surface area contributed by atoms with E-state index in [0.29, 0.717) is 0 Å². The van der Waals surface area contributed by atoms with Gasteiger partial charge in [-0.2, -0.15) is 0 Å². The second-order valence-corrected chi connectivity index (χ2v) is 17.9. The molecule has 0 aromatic heterocycles. The molecule has 3 fully saturated rings. The number of aliphatic hydroxyl groups excluding tert-OH is 3. The number of carbonyl (C=O) groups excluding carboxylic acids is 10. The van der Waals surface area contributed by atoms with Gasteiger partial charge in [0.15, 0.2) is 12.6 Å². The molecule has 17 N–H and O–H groups in total. The second kappa shape index (κ2) is 29.6. The lowest BCUT2D eigenvalue weighted by Gasteiger charge is -2.47. The van der Waals surface area contributed by atoms with Crippen LogP contribution in [0, 0.1) is 0 Å². The number of aliphatic carboxylic acids is 1. The Bertz CT molecular complexity index is 2020. The van der Waals surface area contributed by atoms with Crippen LogP contribution in [0.3, 0.4) is 0 Å². The highest BCUT2D eigenvalue weighted by Gasteiger charge is 2.56. The van der Waals surface area contributed by atoms with E-state index >= 15 is 0 Å². The molecular weight excluding hydrogens is 991 g/mol. The van der Waals surface area contributed by atoms with Gasteiger partial charge in [0, 0.05) is 26.8 Å². The summed E-state index contributed by atoms with van der Waals surface area (Å²) in [6.45, 7) is 6.00. The number of unbranched alkanes of at least 4 members (excludes halogenated alkanes) is 1. The highest BCUT2D eigenvalue weighted by Crippen LogP contribution is 2.35. The first-order chi connectivity index (χ1) is 34.8. The van der Waals surface area contributed by atoms with E-state index in [0.717, 1.165) is 6.92 Å². The number of amides is 10. The molecule has 16 atom stereocenters. The number of carbonyl (C=O) groups is 11. The number of nitrogens with one attached hydrogen (secondary N) is 9. The second-order valence-electron chi connectivity index (χ2n) is 17.9. The van der Waals surface area contributed by atoms with E-state index in [2.05, 4.69) is 47.9 Å². The van der Waals surface area contributed by atoms with Crippen LogP contribution in [0.4, 0.5) is 0 Å². The van der Waals surface area contributed by atoms with Crippen LogP contribution >= 0.6 is 0 Å². The van der Waals surface area contributed by atoms with Crippen molar-refractivity contribution >= 4 is 65.0 Å². The predicted octanol–water partition coefficient (Wildman–Crippen LogP) is -8.46. The van der Waals surface area contributed by atoms with Crippen molar-refractivity contribution in [2.24, 2.45) is 11.5 Å². The molecule has 0 radical (unpaired) electrons. The predicted molar refractivity (Wildman–Crippen MR) is 248 cm³/mol. The highest BCUT2D eigenvalue weighted by atomic mass is 16.8. The molecule has 2 bridgehead atoms. The van der Waals surface area contributed by atoms with Crippen molar-refractivity contribution in [3.8, 4) is 0 Å². The van der Waals surface area contributed by atoms with Gasteiger partial charge in [-0.3, -0.25) is 52.7 Å². The maximum absolute atomic E-state index is 13.6. The van der Waals surface area contributed by atoms with Gasteiger partial charge < -0.3 is 103 Å². The third-order valence-corrected chi connectivity index (χ3v) is 11.8. The van der Waals surface area contributed by atoms with E-state index in [9.17, 15) is 68.1 Å². The Balaban J connectivity index is 1.67. The molecule has 0 aromatic carbocycles. The molecule has 3 rings (SSSR count). The van der Waals surface area contributed by atoms with Crippen LogP contribution in [0.15, 0.2) is 0 Å². The van der Waals surface area contributed by atoms with E-state index in [1.807, 2.05) is 0 Å². The van der Waals surface area contributed by atoms with Crippen molar-refractivity contribution in [2.45, 2.75) is 171 Å². The van der Waals surface area contributed by atoms with E-state index in [1.165, 1.54) is 34.6 Å². The summed E-state index contributed by atoms with van der Waals surface area (Å²) >= 11 is 0. The maximum Gasteiger partial charge on any atom is 0.325 e. The lowest BCUT2D eigenvalue weighted by Crippen LogP contribution is -2.68. The molecule has 0 aromatic rings. The summed E-state index contributed by atoms with van der Waals surface area (Å²) in [6, 6.07) is -9.24. The molecule has 31 heteroatoms. The fraction of sp³-hybridized carbons (Fsp3) is 0.744. The van der Waals surface area contributed by atoms with Crippen LogP contribution in [0.5, 0.6) is 0 Å². The number of primary amides is 1. The van der Waals surface area contributed by atoms with Gasteiger partial charge in [0.25, 0.3) is 0 Å². The van der Waals surface area contributed by atoms with Crippen LogP contribution in [-0.4, -0.2) is 216 Å². The van der Waals surface area contributed by atoms with Crippen LogP contribution in [-0.2, 0) is 76.4 Å². The minimum Gasteiger partial charge on any atom is -0.480 e. The molecule has 0 aliphatic carbocycles. The standard InChI is InChI=1S/C43H71N11O20/c1-17(37(64)50-19(3)41(68)69)49-40(67)24(9-7-8-12-46-29(60)14-47-28(59)13-44)53-27(58)11-10-23(36(45)63)54-38(65)18(2)48-39(66)20(4)71-35-31(52-22(6)57)42-70-16-26(73-42)34(35)74-43-30(51-21(5)56)33(62)32(61)25(15-55)72-43/h17-20,23-26,30-35,42-43,55,61-62H,7-16,44H2,1-6H3,(H2,45,63)(H,46,60)(H,47,59)(H,48,66)(H,49,67)(H,50,64)(H,51,56)(H,52,57)(H,53,58)(H,54,65)(H,68,69). The van der Waals surface area contributed by atoms with Gasteiger partial charge in [-0.1, -0.05) is 0 Å². The Hall–Kier alpha value is -6.19. The lowest BCUT2D eigenvalue weighted by atomic mass is 9.95. The van der Waals surface area contributed by atoms with Crippen LogP contribution < -0.4 is 59.3 Å². The van der Waals surface area contributed by atoms with E-state index in [1.54, 1.807) is 0 Å². The van der Waals surface area contributed by atoms with Crippen molar-refractivity contribution in [3.63, 3.8) is 0 Å². The van der Waals surface area contributed by atoms with Gasteiger partial charge in [-0.05, 0) is 53.4 Å². The quantitative estimate of drug-likeness (QED) is 0.0309. The number of carboxylic acids is 1. The van der Waals surface area contributed by atoms with Crippen molar-refractivity contribution in [3.05, 3.63) is 0 Å². The van der Waals surface area contributed by atoms with Gasteiger partial charge in [0.2, 0.25) is 59.1 Å². The number of carboxylic acid groups (broad SMARTS) is 1.